The largest absolute Gasteiger partial charge is 0.370 e. The van der Waals surface area contributed by atoms with E-state index < -0.39 is 0 Å². The van der Waals surface area contributed by atoms with Crippen LogP contribution in [-0.4, -0.2) is 23.9 Å². The summed E-state index contributed by atoms with van der Waals surface area (Å²) in [6, 6.07) is 0. The Balaban J connectivity index is 3.91. The molecule has 3 nitrogen and oxygen atoms in total. The van der Waals surface area contributed by atoms with Crippen LogP contribution in [0.5, 0.6) is 0 Å². The van der Waals surface area contributed by atoms with Crippen molar-refractivity contribution in [3.63, 3.8) is 0 Å². The number of nitrogens with two attached hydrogens (primary N) is 1. The first-order valence-corrected chi connectivity index (χ1v) is 4.74. The van der Waals surface area contributed by atoms with Crippen molar-refractivity contribution in [3.05, 3.63) is 0 Å². The van der Waals surface area contributed by atoms with Gasteiger partial charge in [0.25, 0.3) is 0 Å². The fraction of sp³-hybridized carbons (Fsp3) is 0.889. The molecule has 0 aliphatic rings. The van der Waals surface area contributed by atoms with Gasteiger partial charge in [0, 0.05) is 13.1 Å². The lowest BCUT2D eigenvalue weighted by molar-refractivity contribution is 0.331. The van der Waals surface area contributed by atoms with Crippen LogP contribution in [-0.2, 0) is 0 Å². The molecule has 0 aromatic rings. The van der Waals surface area contributed by atoms with Gasteiger partial charge in [0.1, 0.15) is 0 Å². The minimum Gasteiger partial charge on any atom is -0.370 e. The standard InChI is InChI=1S/C9H21N3/c1-4-8(5-2)7-12(6-3)9(10)11/h8H,4-7H2,1-3H3,(H3,10,11). The smallest absolute Gasteiger partial charge is 0.188 e. The fourth-order valence-corrected chi connectivity index (χ4v) is 1.26. The first kappa shape index (κ1) is 11.3. The van der Waals surface area contributed by atoms with Gasteiger partial charge in [-0.15, -0.1) is 0 Å². The topological polar surface area (TPSA) is 53.1 Å². The average molecular weight is 171 g/mol. The van der Waals surface area contributed by atoms with Crippen LogP contribution in [0.15, 0.2) is 0 Å². The lowest BCUT2D eigenvalue weighted by Crippen LogP contribution is -2.39. The lowest BCUT2D eigenvalue weighted by Gasteiger charge is -2.25. The summed E-state index contributed by atoms with van der Waals surface area (Å²) in [4.78, 5) is 1.91. The highest BCUT2D eigenvalue weighted by atomic mass is 15.2. The van der Waals surface area contributed by atoms with Crippen molar-refractivity contribution in [1.29, 1.82) is 5.41 Å². The Hall–Kier alpha value is -0.730. The van der Waals surface area contributed by atoms with Crippen molar-refractivity contribution in [2.24, 2.45) is 11.7 Å². The summed E-state index contributed by atoms with van der Waals surface area (Å²) in [6.45, 7) is 8.17. The zero-order valence-electron chi connectivity index (χ0n) is 8.43. The summed E-state index contributed by atoms with van der Waals surface area (Å²) in [6.07, 6.45) is 2.33. The molecule has 0 radical (unpaired) electrons. The number of rotatable bonds is 5. The normalized spacial score (nSPS) is 10.3. The molecule has 0 rings (SSSR count). The van der Waals surface area contributed by atoms with Crippen LogP contribution >= 0.6 is 0 Å². The van der Waals surface area contributed by atoms with Crippen LogP contribution < -0.4 is 5.73 Å². The van der Waals surface area contributed by atoms with Crippen LogP contribution in [0.3, 0.4) is 0 Å². The first-order valence-electron chi connectivity index (χ1n) is 4.74. The number of nitrogens with one attached hydrogen (secondary N) is 1. The first-order chi connectivity index (χ1) is 5.65. The third-order valence-corrected chi connectivity index (χ3v) is 2.36. The Kier molecular flexibility index (Phi) is 5.51. The molecule has 0 aliphatic carbocycles. The van der Waals surface area contributed by atoms with Crippen molar-refractivity contribution in [2.45, 2.75) is 33.6 Å². The van der Waals surface area contributed by atoms with Gasteiger partial charge in [0.05, 0.1) is 0 Å². The van der Waals surface area contributed by atoms with Gasteiger partial charge < -0.3 is 10.6 Å². The monoisotopic (exact) mass is 171 g/mol. The Morgan fingerprint density at radius 1 is 1.33 bits per heavy atom. The predicted molar refractivity (Wildman–Crippen MR) is 53.2 cm³/mol. The molecule has 0 spiro atoms. The summed E-state index contributed by atoms with van der Waals surface area (Å²) < 4.78 is 0. The fourth-order valence-electron chi connectivity index (χ4n) is 1.26. The van der Waals surface area contributed by atoms with Gasteiger partial charge in [0.2, 0.25) is 0 Å². The molecule has 0 atom stereocenters. The van der Waals surface area contributed by atoms with Crippen LogP contribution in [0, 0.1) is 11.3 Å². The summed E-state index contributed by atoms with van der Waals surface area (Å²) >= 11 is 0. The molecule has 72 valence electrons. The minimum absolute atomic E-state index is 0.199. The van der Waals surface area contributed by atoms with Crippen LogP contribution in [0.1, 0.15) is 33.6 Å². The average Bonchev–Trinajstić information content (AvgIpc) is 2.06. The van der Waals surface area contributed by atoms with Crippen molar-refractivity contribution in [3.8, 4) is 0 Å². The summed E-state index contributed by atoms with van der Waals surface area (Å²) in [5.74, 6) is 0.873. The molecule has 0 unspecified atom stereocenters. The third kappa shape index (κ3) is 3.60. The number of hydrogen-bond donors (Lipinski definition) is 2. The Morgan fingerprint density at radius 2 is 1.83 bits per heavy atom. The second-order valence-electron chi connectivity index (χ2n) is 3.11. The highest BCUT2D eigenvalue weighted by molar-refractivity contribution is 5.74. The number of nitrogens with zero attached hydrogens (tertiary/aromatic N) is 1. The van der Waals surface area contributed by atoms with Crippen LogP contribution in [0.25, 0.3) is 0 Å². The van der Waals surface area contributed by atoms with E-state index in [2.05, 4.69) is 13.8 Å². The zero-order chi connectivity index (χ0) is 9.56. The molecule has 0 bridgehead atoms. The summed E-state index contributed by atoms with van der Waals surface area (Å²) in [5, 5.41) is 7.30. The zero-order valence-corrected chi connectivity index (χ0v) is 8.43. The Bertz CT molecular complexity index is 130. The molecule has 0 aromatic carbocycles. The van der Waals surface area contributed by atoms with Gasteiger partial charge >= 0.3 is 0 Å². The minimum atomic E-state index is 0.199. The Labute approximate surface area is 75.4 Å². The molecule has 3 N–H and O–H groups in total. The van der Waals surface area contributed by atoms with Crippen molar-refractivity contribution in [2.75, 3.05) is 13.1 Å². The van der Waals surface area contributed by atoms with Gasteiger partial charge in [-0.3, -0.25) is 5.41 Å². The van der Waals surface area contributed by atoms with Gasteiger partial charge in [-0.05, 0) is 12.8 Å². The van der Waals surface area contributed by atoms with E-state index in [-0.39, 0.29) is 5.96 Å². The molecular weight excluding hydrogens is 150 g/mol. The molecule has 12 heavy (non-hydrogen) atoms. The van der Waals surface area contributed by atoms with E-state index in [0.29, 0.717) is 5.92 Å². The predicted octanol–water partition coefficient (Wildman–Crippen LogP) is 1.64. The van der Waals surface area contributed by atoms with E-state index >= 15 is 0 Å². The molecule has 0 aliphatic heterocycles. The lowest BCUT2D eigenvalue weighted by atomic mass is 10.0. The van der Waals surface area contributed by atoms with E-state index in [1.165, 1.54) is 12.8 Å². The number of hydrogen-bond acceptors (Lipinski definition) is 1. The maximum absolute atomic E-state index is 7.30. The van der Waals surface area contributed by atoms with E-state index in [0.717, 1.165) is 13.1 Å². The molecule has 3 heteroatoms. The second kappa shape index (κ2) is 5.86. The van der Waals surface area contributed by atoms with E-state index in [4.69, 9.17) is 11.1 Å². The molecule has 0 heterocycles. The highest BCUT2D eigenvalue weighted by Gasteiger charge is 2.09. The molecular formula is C9H21N3. The van der Waals surface area contributed by atoms with E-state index in [1.807, 2.05) is 11.8 Å². The van der Waals surface area contributed by atoms with Crippen molar-refractivity contribution >= 4 is 5.96 Å². The summed E-state index contributed by atoms with van der Waals surface area (Å²) in [7, 11) is 0. The van der Waals surface area contributed by atoms with Gasteiger partial charge in [-0.25, -0.2) is 0 Å². The maximum atomic E-state index is 7.30. The van der Waals surface area contributed by atoms with Crippen molar-refractivity contribution in [1.82, 2.24) is 4.90 Å². The summed E-state index contributed by atoms with van der Waals surface area (Å²) in [5.41, 5.74) is 5.41. The third-order valence-electron chi connectivity index (χ3n) is 2.36. The van der Waals surface area contributed by atoms with Crippen molar-refractivity contribution < 1.29 is 0 Å². The van der Waals surface area contributed by atoms with Gasteiger partial charge in [-0.1, -0.05) is 26.7 Å². The quantitative estimate of drug-likeness (QED) is 0.488. The number of guanidine groups is 1. The molecule has 0 saturated heterocycles. The van der Waals surface area contributed by atoms with E-state index in [1.54, 1.807) is 0 Å². The van der Waals surface area contributed by atoms with Crippen LogP contribution in [0.2, 0.25) is 0 Å². The van der Waals surface area contributed by atoms with Crippen LogP contribution in [0.4, 0.5) is 0 Å². The SMILES string of the molecule is CCC(CC)CN(CC)C(=N)N. The second-order valence-corrected chi connectivity index (χ2v) is 3.11. The van der Waals surface area contributed by atoms with Gasteiger partial charge in [0.15, 0.2) is 5.96 Å². The maximum Gasteiger partial charge on any atom is 0.188 e. The molecule has 0 saturated carbocycles. The highest BCUT2D eigenvalue weighted by Crippen LogP contribution is 2.08. The molecule has 0 fully saturated rings. The Morgan fingerprint density at radius 3 is 2.08 bits per heavy atom. The molecule has 0 amide bonds. The van der Waals surface area contributed by atoms with E-state index in [9.17, 15) is 0 Å². The molecule has 0 aromatic heterocycles. The van der Waals surface area contributed by atoms with Gasteiger partial charge in [-0.2, -0.15) is 0 Å².